The Balaban J connectivity index is 1.51. The first kappa shape index (κ1) is 28.1. The molecule has 204 valence electrons. The van der Waals surface area contributed by atoms with Crippen LogP contribution in [-0.4, -0.2) is 35.7 Å². The lowest BCUT2D eigenvalue weighted by atomic mass is 9.84. The fourth-order valence-corrected chi connectivity index (χ4v) is 4.91. The number of hydrogen-bond donors (Lipinski definition) is 3. The second-order valence-corrected chi connectivity index (χ2v) is 10.1. The standard InChI is InChI=1S/C30H31ClFN3O4/c31-24-7-4-8-25(17-24)34-30(39)35(26-15-13-22(14-16-26)21-5-2-1-3-6-21)19-20-9-11-23(12-10-20)28(36)33-18-27(32)29(37)38/h4,7-17,21,27H,1-3,5-6,18-19H2,(H,33,36)(H,34,39)(H,37,38). The molecule has 1 fully saturated rings. The number of benzene rings is 3. The Morgan fingerprint density at radius 3 is 2.31 bits per heavy atom. The normalized spacial score (nSPS) is 14.3. The van der Waals surface area contributed by atoms with E-state index in [1.54, 1.807) is 53.4 Å². The highest BCUT2D eigenvalue weighted by molar-refractivity contribution is 6.30. The summed E-state index contributed by atoms with van der Waals surface area (Å²) >= 11 is 6.09. The number of rotatable bonds is 9. The fourth-order valence-electron chi connectivity index (χ4n) is 4.72. The van der Waals surface area contributed by atoms with Gasteiger partial charge in [-0.2, -0.15) is 0 Å². The van der Waals surface area contributed by atoms with E-state index in [2.05, 4.69) is 22.8 Å². The van der Waals surface area contributed by atoms with Gasteiger partial charge in [0.25, 0.3) is 5.91 Å². The number of nitrogens with one attached hydrogen (secondary N) is 2. The van der Waals surface area contributed by atoms with Crippen molar-refractivity contribution >= 4 is 40.9 Å². The summed E-state index contributed by atoms with van der Waals surface area (Å²) in [5.41, 5.74) is 3.58. The lowest BCUT2D eigenvalue weighted by Gasteiger charge is -2.26. The van der Waals surface area contributed by atoms with E-state index in [1.807, 2.05) is 12.1 Å². The highest BCUT2D eigenvalue weighted by Crippen LogP contribution is 2.33. The molecule has 7 nitrogen and oxygen atoms in total. The van der Waals surface area contributed by atoms with Crippen molar-refractivity contribution in [2.45, 2.75) is 50.7 Å². The van der Waals surface area contributed by atoms with E-state index in [1.165, 1.54) is 37.7 Å². The molecule has 3 N–H and O–H groups in total. The van der Waals surface area contributed by atoms with Crippen molar-refractivity contribution in [2.75, 3.05) is 16.8 Å². The minimum atomic E-state index is -2.18. The average Bonchev–Trinajstić information content (AvgIpc) is 2.95. The molecule has 0 radical (unpaired) electrons. The number of urea groups is 1. The average molecular weight is 552 g/mol. The molecule has 0 bridgehead atoms. The second kappa shape index (κ2) is 13.2. The van der Waals surface area contributed by atoms with Crippen molar-refractivity contribution in [2.24, 2.45) is 0 Å². The third-order valence-corrected chi connectivity index (χ3v) is 7.10. The Morgan fingerprint density at radius 2 is 1.67 bits per heavy atom. The van der Waals surface area contributed by atoms with Gasteiger partial charge in [-0.3, -0.25) is 9.69 Å². The van der Waals surface area contributed by atoms with E-state index < -0.39 is 24.6 Å². The summed E-state index contributed by atoms with van der Waals surface area (Å²) in [5, 5.41) is 14.3. The van der Waals surface area contributed by atoms with Crippen molar-refractivity contribution in [3.8, 4) is 0 Å². The molecule has 0 spiro atoms. The molecule has 1 unspecified atom stereocenters. The van der Waals surface area contributed by atoms with E-state index in [-0.39, 0.29) is 18.1 Å². The smallest absolute Gasteiger partial charge is 0.340 e. The molecule has 1 aliphatic rings. The number of aliphatic carboxylic acids is 1. The molecular formula is C30H31ClFN3O4. The van der Waals surface area contributed by atoms with Gasteiger partial charge in [0, 0.05) is 22.0 Å². The van der Waals surface area contributed by atoms with Crippen LogP contribution >= 0.6 is 11.6 Å². The third kappa shape index (κ3) is 7.80. The fraction of sp³-hybridized carbons (Fsp3) is 0.300. The number of carbonyl (C=O) groups excluding carboxylic acids is 2. The number of nitrogens with zero attached hydrogens (tertiary/aromatic N) is 1. The van der Waals surface area contributed by atoms with E-state index in [4.69, 9.17) is 16.7 Å². The second-order valence-electron chi connectivity index (χ2n) is 9.67. The largest absolute Gasteiger partial charge is 0.479 e. The van der Waals surface area contributed by atoms with Gasteiger partial charge >= 0.3 is 12.0 Å². The molecule has 0 heterocycles. The predicted molar refractivity (Wildman–Crippen MR) is 150 cm³/mol. The molecule has 0 aromatic heterocycles. The van der Waals surface area contributed by atoms with E-state index >= 15 is 0 Å². The molecule has 1 aliphatic carbocycles. The molecule has 1 saturated carbocycles. The van der Waals surface area contributed by atoms with Crippen LogP contribution in [0, 0.1) is 0 Å². The van der Waals surface area contributed by atoms with Gasteiger partial charge < -0.3 is 15.7 Å². The summed E-state index contributed by atoms with van der Waals surface area (Å²) in [6.45, 7) is -0.396. The first-order chi connectivity index (χ1) is 18.8. The molecule has 4 rings (SSSR count). The number of amides is 3. The van der Waals surface area contributed by atoms with Crippen LogP contribution in [-0.2, 0) is 11.3 Å². The zero-order chi connectivity index (χ0) is 27.8. The zero-order valence-electron chi connectivity index (χ0n) is 21.4. The van der Waals surface area contributed by atoms with Crippen molar-refractivity contribution in [1.82, 2.24) is 5.32 Å². The maximum atomic E-state index is 13.4. The summed E-state index contributed by atoms with van der Waals surface area (Å²) in [4.78, 5) is 37.9. The molecule has 3 amide bonds. The SMILES string of the molecule is O=C(NCC(F)C(=O)O)c1ccc(CN(C(=O)Nc2cccc(Cl)c2)c2ccc(C3CCCCC3)cc2)cc1. The first-order valence-corrected chi connectivity index (χ1v) is 13.4. The van der Waals surface area contributed by atoms with Crippen molar-refractivity contribution in [3.63, 3.8) is 0 Å². The minimum absolute atomic E-state index is 0.225. The number of anilines is 2. The predicted octanol–water partition coefficient (Wildman–Crippen LogP) is 6.78. The number of carboxylic acid groups (broad SMARTS) is 1. The molecule has 0 saturated heterocycles. The number of hydrogen-bond acceptors (Lipinski definition) is 3. The number of halogens is 2. The number of alkyl halides is 1. The van der Waals surface area contributed by atoms with Crippen LogP contribution in [0.5, 0.6) is 0 Å². The maximum Gasteiger partial charge on any atom is 0.340 e. The highest BCUT2D eigenvalue weighted by atomic mass is 35.5. The topological polar surface area (TPSA) is 98.7 Å². The van der Waals surface area contributed by atoms with Crippen molar-refractivity contribution in [1.29, 1.82) is 0 Å². The van der Waals surface area contributed by atoms with Gasteiger partial charge in [-0.05, 0) is 72.4 Å². The van der Waals surface area contributed by atoms with Crippen LogP contribution in [0.1, 0.15) is 59.5 Å². The van der Waals surface area contributed by atoms with Crippen LogP contribution in [0.2, 0.25) is 5.02 Å². The molecule has 39 heavy (non-hydrogen) atoms. The van der Waals surface area contributed by atoms with Crippen LogP contribution in [0.3, 0.4) is 0 Å². The summed E-state index contributed by atoms with van der Waals surface area (Å²) in [7, 11) is 0. The van der Waals surface area contributed by atoms with Crippen molar-refractivity contribution in [3.05, 3.63) is 94.5 Å². The summed E-state index contributed by atoms with van der Waals surface area (Å²) in [6.07, 6.45) is 3.95. The molecule has 1 atom stereocenters. The maximum absolute atomic E-state index is 13.4. The third-order valence-electron chi connectivity index (χ3n) is 6.87. The lowest BCUT2D eigenvalue weighted by molar-refractivity contribution is -0.142. The summed E-state index contributed by atoms with van der Waals surface area (Å²) in [5.74, 6) is -1.67. The summed E-state index contributed by atoms with van der Waals surface area (Å²) in [6, 6.07) is 21.2. The Kier molecular flexibility index (Phi) is 9.54. The number of carboxylic acids is 1. The van der Waals surface area contributed by atoms with Crippen LogP contribution < -0.4 is 15.5 Å². The van der Waals surface area contributed by atoms with E-state index in [9.17, 15) is 18.8 Å². The van der Waals surface area contributed by atoms with Crippen LogP contribution in [0.25, 0.3) is 0 Å². The molecule has 3 aromatic carbocycles. The first-order valence-electron chi connectivity index (χ1n) is 13.0. The van der Waals surface area contributed by atoms with Crippen LogP contribution in [0.4, 0.5) is 20.6 Å². The van der Waals surface area contributed by atoms with Crippen molar-refractivity contribution < 1.29 is 23.9 Å². The Labute approximate surface area is 232 Å². The monoisotopic (exact) mass is 551 g/mol. The van der Waals surface area contributed by atoms with Gasteiger partial charge in [0.05, 0.1) is 13.1 Å². The quantitative estimate of drug-likeness (QED) is 0.273. The Morgan fingerprint density at radius 1 is 0.974 bits per heavy atom. The molecule has 9 heteroatoms. The highest BCUT2D eigenvalue weighted by Gasteiger charge is 2.20. The van der Waals surface area contributed by atoms with Crippen LogP contribution in [0.15, 0.2) is 72.8 Å². The van der Waals surface area contributed by atoms with E-state index in [0.29, 0.717) is 16.6 Å². The Bertz CT molecular complexity index is 1290. The molecule has 0 aliphatic heterocycles. The summed E-state index contributed by atoms with van der Waals surface area (Å²) < 4.78 is 13.3. The zero-order valence-corrected chi connectivity index (χ0v) is 22.2. The number of carbonyl (C=O) groups is 3. The molecule has 3 aromatic rings. The lowest BCUT2D eigenvalue weighted by Crippen LogP contribution is -2.35. The minimum Gasteiger partial charge on any atom is -0.479 e. The molecular weight excluding hydrogens is 521 g/mol. The van der Waals surface area contributed by atoms with Gasteiger partial charge in [-0.1, -0.05) is 61.2 Å². The Hall–Kier alpha value is -3.91. The van der Waals surface area contributed by atoms with Gasteiger partial charge in [-0.25, -0.2) is 14.0 Å². The van der Waals surface area contributed by atoms with Gasteiger partial charge in [-0.15, -0.1) is 0 Å². The van der Waals surface area contributed by atoms with Gasteiger partial charge in [0.2, 0.25) is 6.17 Å². The van der Waals surface area contributed by atoms with E-state index in [0.717, 1.165) is 11.3 Å². The van der Waals surface area contributed by atoms with Gasteiger partial charge in [0.15, 0.2) is 0 Å². The van der Waals surface area contributed by atoms with Gasteiger partial charge in [0.1, 0.15) is 0 Å².